The molecule has 0 saturated carbocycles. The van der Waals surface area contributed by atoms with Gasteiger partial charge in [-0.2, -0.15) is 0 Å². The van der Waals surface area contributed by atoms with Gasteiger partial charge in [-0.15, -0.1) is 11.3 Å². The molecule has 0 atom stereocenters. The van der Waals surface area contributed by atoms with Crippen molar-refractivity contribution in [2.75, 3.05) is 18.5 Å². The summed E-state index contributed by atoms with van der Waals surface area (Å²) in [4.78, 5) is 27.7. The number of aromatic amines is 1. The number of carbonyl (C=O) groups excluding carboxylic acids is 1. The molecule has 3 heterocycles. The fraction of sp³-hybridized carbons (Fsp3) is 0.217. The van der Waals surface area contributed by atoms with Crippen LogP contribution in [0.4, 0.5) is 10.9 Å². The summed E-state index contributed by atoms with van der Waals surface area (Å²) in [5, 5.41) is 8.75. The van der Waals surface area contributed by atoms with Crippen molar-refractivity contribution in [2.45, 2.75) is 20.0 Å². The molecule has 0 radical (unpaired) electrons. The minimum Gasteiger partial charge on any atom is -0.485 e. The molecule has 1 amide bonds. The van der Waals surface area contributed by atoms with Crippen LogP contribution in [0.2, 0.25) is 0 Å². The zero-order valence-electron chi connectivity index (χ0n) is 18.1. The maximum atomic E-state index is 12.0. The van der Waals surface area contributed by atoms with Crippen LogP contribution in [-0.4, -0.2) is 39.0 Å². The van der Waals surface area contributed by atoms with E-state index in [1.54, 1.807) is 18.7 Å². The monoisotopic (exact) mass is 464 g/mol. The Balaban J connectivity index is 1.26. The first-order valence-corrected chi connectivity index (χ1v) is 11.3. The van der Waals surface area contributed by atoms with E-state index in [9.17, 15) is 4.79 Å². The molecule has 0 spiro atoms. The molecule has 170 valence electrons. The number of pyridine rings is 1. The number of aromatic nitrogens is 4. The number of rotatable bonds is 11. The minimum absolute atomic E-state index is 0.0583. The Bertz CT molecular complexity index is 1180. The van der Waals surface area contributed by atoms with Crippen molar-refractivity contribution in [2.24, 2.45) is 0 Å². The summed E-state index contributed by atoms with van der Waals surface area (Å²) in [5.41, 5.74) is 2.83. The molecule has 4 aromatic rings. The first-order chi connectivity index (χ1) is 16.2. The van der Waals surface area contributed by atoms with E-state index < -0.39 is 0 Å². The van der Waals surface area contributed by atoms with Gasteiger partial charge in [0, 0.05) is 36.4 Å². The van der Waals surface area contributed by atoms with E-state index >= 15 is 0 Å². The molecule has 0 saturated heterocycles. The van der Waals surface area contributed by atoms with Gasteiger partial charge in [0.05, 0.1) is 12.0 Å². The summed E-state index contributed by atoms with van der Waals surface area (Å²) in [5.74, 6) is 1.64. The van der Waals surface area contributed by atoms with Crippen molar-refractivity contribution in [3.8, 4) is 11.5 Å². The number of benzene rings is 1. The molecule has 33 heavy (non-hydrogen) atoms. The van der Waals surface area contributed by atoms with Crippen molar-refractivity contribution >= 4 is 28.2 Å². The van der Waals surface area contributed by atoms with Gasteiger partial charge in [0.25, 0.3) is 5.91 Å². The highest BCUT2D eigenvalue weighted by atomic mass is 32.1. The third-order valence-corrected chi connectivity index (χ3v) is 5.42. The first kappa shape index (κ1) is 22.3. The van der Waals surface area contributed by atoms with E-state index in [1.165, 1.54) is 11.3 Å². The fourth-order valence-corrected chi connectivity index (χ4v) is 3.64. The van der Waals surface area contributed by atoms with Crippen LogP contribution < -0.4 is 20.1 Å². The van der Waals surface area contributed by atoms with Crippen LogP contribution in [0.3, 0.4) is 0 Å². The van der Waals surface area contributed by atoms with Gasteiger partial charge in [0.1, 0.15) is 12.4 Å². The largest absolute Gasteiger partial charge is 0.485 e. The molecule has 10 heteroatoms. The quantitative estimate of drug-likeness (QED) is 0.311. The first-order valence-electron chi connectivity index (χ1n) is 10.4. The lowest BCUT2D eigenvalue weighted by Crippen LogP contribution is -2.30. The van der Waals surface area contributed by atoms with Gasteiger partial charge in [0.15, 0.2) is 23.3 Å². The molecule has 0 aliphatic carbocycles. The van der Waals surface area contributed by atoms with Crippen LogP contribution in [0.15, 0.2) is 60.5 Å². The SMILES string of the molecule is Cc1csc(Nc2ncccc2OCc2cccc(OCC(=O)NCCc3cnc[nH]3)c2)n1. The van der Waals surface area contributed by atoms with Crippen molar-refractivity contribution < 1.29 is 14.3 Å². The zero-order chi connectivity index (χ0) is 22.9. The second-order valence-corrected chi connectivity index (χ2v) is 8.03. The lowest BCUT2D eigenvalue weighted by molar-refractivity contribution is -0.123. The summed E-state index contributed by atoms with van der Waals surface area (Å²) >= 11 is 1.51. The molecule has 0 fully saturated rings. The highest BCUT2D eigenvalue weighted by molar-refractivity contribution is 7.13. The Labute approximate surface area is 195 Å². The van der Waals surface area contributed by atoms with E-state index in [2.05, 4.69) is 30.6 Å². The Morgan fingerprint density at radius 2 is 2.15 bits per heavy atom. The summed E-state index contributed by atoms with van der Waals surface area (Å²) in [6.07, 6.45) is 5.74. The standard InChI is InChI=1S/C23H24N6O3S/c1-16-14-33-23(28-16)29-22-20(6-3-8-26-22)32-12-17-4-2-5-19(10-17)31-13-21(30)25-9-7-18-11-24-15-27-18/h2-6,8,10-11,14-15H,7,9,12-13H2,1H3,(H,24,27)(H,25,30)(H,26,28,29). The van der Waals surface area contributed by atoms with E-state index in [4.69, 9.17) is 9.47 Å². The third-order valence-electron chi connectivity index (χ3n) is 4.55. The smallest absolute Gasteiger partial charge is 0.257 e. The average molecular weight is 465 g/mol. The van der Waals surface area contributed by atoms with Gasteiger partial charge in [-0.25, -0.2) is 15.0 Å². The van der Waals surface area contributed by atoms with Gasteiger partial charge in [-0.3, -0.25) is 4.79 Å². The second-order valence-electron chi connectivity index (χ2n) is 7.17. The molecule has 1 aromatic carbocycles. The highest BCUT2D eigenvalue weighted by Gasteiger charge is 2.09. The lowest BCUT2D eigenvalue weighted by Gasteiger charge is -2.12. The van der Waals surface area contributed by atoms with Gasteiger partial charge in [-0.05, 0) is 36.8 Å². The van der Waals surface area contributed by atoms with E-state index in [0.29, 0.717) is 36.9 Å². The fourth-order valence-electron chi connectivity index (χ4n) is 2.96. The number of anilines is 2. The molecular weight excluding hydrogens is 440 g/mol. The number of aryl methyl sites for hydroxylation is 1. The number of ether oxygens (including phenoxy) is 2. The Hall–Kier alpha value is -3.92. The normalized spacial score (nSPS) is 10.6. The van der Waals surface area contributed by atoms with E-state index in [1.807, 2.05) is 48.7 Å². The van der Waals surface area contributed by atoms with Gasteiger partial charge < -0.3 is 25.1 Å². The molecule has 4 rings (SSSR count). The minimum atomic E-state index is -0.181. The number of nitrogens with zero attached hydrogens (tertiary/aromatic N) is 3. The Morgan fingerprint density at radius 1 is 1.21 bits per heavy atom. The van der Waals surface area contributed by atoms with Gasteiger partial charge in [-0.1, -0.05) is 12.1 Å². The van der Waals surface area contributed by atoms with E-state index in [0.717, 1.165) is 22.1 Å². The van der Waals surface area contributed by atoms with Crippen LogP contribution >= 0.6 is 11.3 Å². The van der Waals surface area contributed by atoms with Crippen molar-refractivity contribution in [3.63, 3.8) is 0 Å². The number of amides is 1. The predicted octanol–water partition coefficient (Wildman–Crippen LogP) is 3.63. The highest BCUT2D eigenvalue weighted by Crippen LogP contribution is 2.27. The van der Waals surface area contributed by atoms with Crippen LogP contribution in [0.1, 0.15) is 17.0 Å². The van der Waals surface area contributed by atoms with Gasteiger partial charge >= 0.3 is 0 Å². The van der Waals surface area contributed by atoms with Crippen LogP contribution in [0, 0.1) is 6.92 Å². The number of nitrogens with one attached hydrogen (secondary N) is 3. The van der Waals surface area contributed by atoms with Gasteiger partial charge in [0.2, 0.25) is 0 Å². The van der Waals surface area contributed by atoms with Crippen LogP contribution in [0.5, 0.6) is 11.5 Å². The van der Waals surface area contributed by atoms with Crippen LogP contribution in [-0.2, 0) is 17.8 Å². The number of H-pyrrole nitrogens is 1. The number of carbonyl (C=O) groups is 1. The number of thiazole rings is 1. The number of imidazole rings is 1. The molecule has 0 bridgehead atoms. The topological polar surface area (TPSA) is 114 Å². The molecule has 3 aromatic heterocycles. The summed E-state index contributed by atoms with van der Waals surface area (Å²) in [6, 6.07) is 11.1. The van der Waals surface area contributed by atoms with Crippen molar-refractivity contribution in [3.05, 3.63) is 77.5 Å². The van der Waals surface area contributed by atoms with Crippen LogP contribution in [0.25, 0.3) is 0 Å². The Kier molecular flexibility index (Phi) is 7.49. The molecule has 0 unspecified atom stereocenters. The summed E-state index contributed by atoms with van der Waals surface area (Å²) in [7, 11) is 0. The van der Waals surface area contributed by atoms with E-state index in [-0.39, 0.29) is 12.5 Å². The molecule has 3 N–H and O–H groups in total. The predicted molar refractivity (Wildman–Crippen MR) is 126 cm³/mol. The number of hydrogen-bond acceptors (Lipinski definition) is 8. The zero-order valence-corrected chi connectivity index (χ0v) is 18.9. The van der Waals surface area contributed by atoms with Crippen molar-refractivity contribution in [1.29, 1.82) is 0 Å². The summed E-state index contributed by atoms with van der Waals surface area (Å²) in [6.45, 7) is 2.72. The Morgan fingerprint density at radius 3 is 2.97 bits per heavy atom. The molecule has 0 aliphatic rings. The molecule has 0 aliphatic heterocycles. The second kappa shape index (κ2) is 11.1. The maximum Gasteiger partial charge on any atom is 0.257 e. The third kappa shape index (κ3) is 6.78. The maximum absolute atomic E-state index is 12.0. The van der Waals surface area contributed by atoms with Crippen molar-refractivity contribution in [1.82, 2.24) is 25.3 Å². The average Bonchev–Trinajstić information content (AvgIpc) is 3.49. The number of hydrogen-bond donors (Lipinski definition) is 3. The molecule has 9 nitrogen and oxygen atoms in total. The molecular formula is C23H24N6O3S. The summed E-state index contributed by atoms with van der Waals surface area (Å²) < 4.78 is 11.6. The lowest BCUT2D eigenvalue weighted by atomic mass is 10.2.